The van der Waals surface area contributed by atoms with Crippen molar-refractivity contribution in [2.75, 3.05) is 19.7 Å². The summed E-state index contributed by atoms with van der Waals surface area (Å²) < 4.78 is 0. The molecule has 1 heterocycles. The highest BCUT2D eigenvalue weighted by molar-refractivity contribution is 5.76. The Morgan fingerprint density at radius 3 is 2.77 bits per heavy atom. The molecule has 0 aromatic carbocycles. The van der Waals surface area contributed by atoms with Gasteiger partial charge in [-0.15, -0.1) is 0 Å². The highest BCUT2D eigenvalue weighted by Gasteiger charge is 2.27. The molecule has 1 saturated heterocycles. The number of hydrogen-bond donors (Lipinski definition) is 2. The van der Waals surface area contributed by atoms with E-state index < -0.39 is 5.60 Å². The molecule has 0 spiro atoms. The molecule has 0 bridgehead atoms. The molecule has 1 amide bonds. The summed E-state index contributed by atoms with van der Waals surface area (Å²) in [6.45, 7) is 2.17. The largest absolute Gasteiger partial charge is 0.393 e. The maximum Gasteiger partial charge on any atom is 0.222 e. The van der Waals surface area contributed by atoms with Gasteiger partial charge in [0.2, 0.25) is 5.91 Å². The maximum atomic E-state index is 11.3. The van der Waals surface area contributed by atoms with Crippen LogP contribution in [0.25, 0.3) is 0 Å². The molecule has 1 unspecified atom stereocenters. The Bertz CT molecular complexity index is 191. The number of likely N-dealkylation sites (tertiary alicyclic amines) is 1. The topological polar surface area (TPSA) is 60.8 Å². The van der Waals surface area contributed by atoms with Crippen LogP contribution in [0.5, 0.6) is 0 Å². The molecule has 4 heteroatoms. The minimum Gasteiger partial charge on any atom is -0.393 e. The summed E-state index contributed by atoms with van der Waals surface area (Å²) in [6.07, 6.45) is 2.51. The van der Waals surface area contributed by atoms with Crippen molar-refractivity contribution >= 4 is 5.91 Å². The van der Waals surface area contributed by atoms with Crippen molar-refractivity contribution in [3.8, 4) is 0 Å². The van der Waals surface area contributed by atoms with Crippen molar-refractivity contribution < 1.29 is 15.0 Å². The number of aliphatic hydroxyl groups excluding tert-OH is 1. The lowest BCUT2D eigenvalue weighted by atomic mass is 10.0. The van der Waals surface area contributed by atoms with Gasteiger partial charge in [0.25, 0.3) is 0 Å². The van der Waals surface area contributed by atoms with Gasteiger partial charge in [0.1, 0.15) is 5.60 Å². The van der Waals surface area contributed by atoms with Crippen LogP contribution in [0, 0.1) is 0 Å². The average molecular weight is 187 g/mol. The fourth-order valence-corrected chi connectivity index (χ4v) is 1.49. The van der Waals surface area contributed by atoms with Crippen LogP contribution in [0.4, 0.5) is 0 Å². The first kappa shape index (κ1) is 10.5. The zero-order chi connectivity index (χ0) is 9.90. The fourth-order valence-electron chi connectivity index (χ4n) is 1.49. The lowest BCUT2D eigenvalue weighted by Gasteiger charge is -2.32. The Hall–Kier alpha value is -0.610. The molecular weight excluding hydrogens is 170 g/mol. The molecule has 76 valence electrons. The lowest BCUT2D eigenvalue weighted by molar-refractivity contribution is -0.137. The Balaban J connectivity index is 2.47. The molecule has 1 aliphatic rings. The van der Waals surface area contributed by atoms with Crippen molar-refractivity contribution in [3.63, 3.8) is 0 Å². The molecule has 0 aromatic heterocycles. The van der Waals surface area contributed by atoms with E-state index in [9.17, 15) is 9.90 Å². The summed E-state index contributed by atoms with van der Waals surface area (Å²) in [4.78, 5) is 12.9. The Kier molecular flexibility index (Phi) is 3.27. The van der Waals surface area contributed by atoms with E-state index in [-0.39, 0.29) is 19.1 Å². The molecule has 4 nitrogen and oxygen atoms in total. The van der Waals surface area contributed by atoms with E-state index in [1.54, 1.807) is 4.90 Å². The smallest absolute Gasteiger partial charge is 0.222 e. The van der Waals surface area contributed by atoms with Gasteiger partial charge >= 0.3 is 0 Å². The molecule has 0 aromatic rings. The number of carbonyl (C=O) groups excluding carboxylic acids is 1. The van der Waals surface area contributed by atoms with E-state index in [1.807, 2.05) is 0 Å². The van der Waals surface area contributed by atoms with Crippen LogP contribution >= 0.6 is 0 Å². The molecule has 0 aliphatic carbocycles. The normalized spacial score (nSPS) is 23.0. The van der Waals surface area contributed by atoms with Crippen molar-refractivity contribution in [2.24, 2.45) is 0 Å². The van der Waals surface area contributed by atoms with Gasteiger partial charge in [-0.05, 0) is 19.8 Å². The number of carbonyl (C=O) groups is 1. The third-order valence-electron chi connectivity index (χ3n) is 2.29. The number of rotatable bonds is 3. The van der Waals surface area contributed by atoms with Crippen molar-refractivity contribution in [3.05, 3.63) is 0 Å². The van der Waals surface area contributed by atoms with Crippen molar-refractivity contribution in [1.29, 1.82) is 0 Å². The third kappa shape index (κ3) is 2.97. The van der Waals surface area contributed by atoms with Gasteiger partial charge in [0, 0.05) is 13.0 Å². The van der Waals surface area contributed by atoms with Gasteiger partial charge < -0.3 is 15.1 Å². The van der Waals surface area contributed by atoms with Gasteiger partial charge in [0.15, 0.2) is 0 Å². The van der Waals surface area contributed by atoms with Crippen LogP contribution in [0.1, 0.15) is 26.2 Å². The highest BCUT2D eigenvalue weighted by atomic mass is 16.3. The molecule has 1 atom stereocenters. The first-order valence-corrected chi connectivity index (χ1v) is 4.66. The number of nitrogens with zero attached hydrogens (tertiary/aromatic N) is 1. The van der Waals surface area contributed by atoms with E-state index in [4.69, 9.17) is 5.11 Å². The minimum absolute atomic E-state index is 0.0833. The Morgan fingerprint density at radius 1 is 1.54 bits per heavy atom. The lowest BCUT2D eigenvalue weighted by Crippen LogP contribution is -2.47. The number of hydrogen-bond acceptors (Lipinski definition) is 3. The second-order valence-corrected chi connectivity index (χ2v) is 3.93. The fraction of sp³-hybridized carbons (Fsp3) is 0.889. The summed E-state index contributed by atoms with van der Waals surface area (Å²) in [7, 11) is 0. The zero-order valence-corrected chi connectivity index (χ0v) is 7.99. The third-order valence-corrected chi connectivity index (χ3v) is 2.29. The maximum absolute atomic E-state index is 11.3. The quantitative estimate of drug-likeness (QED) is 0.640. The molecule has 2 N–H and O–H groups in total. The standard InChI is InChI=1S/C9H17NO3/c1-9(13,7-11)6-10-5-3-2-4-8(10)12/h11,13H,2-7H2,1H3. The van der Waals surface area contributed by atoms with Crippen LogP contribution in [-0.2, 0) is 4.79 Å². The van der Waals surface area contributed by atoms with Crippen LogP contribution in [-0.4, -0.2) is 46.3 Å². The van der Waals surface area contributed by atoms with Crippen LogP contribution in [0.2, 0.25) is 0 Å². The van der Waals surface area contributed by atoms with Crippen LogP contribution in [0.3, 0.4) is 0 Å². The molecule has 1 fully saturated rings. The SMILES string of the molecule is CC(O)(CO)CN1CCCCC1=O. The van der Waals surface area contributed by atoms with E-state index in [0.717, 1.165) is 12.8 Å². The molecular formula is C9H17NO3. The first-order chi connectivity index (χ1) is 6.05. The monoisotopic (exact) mass is 187 g/mol. The van der Waals surface area contributed by atoms with Crippen molar-refractivity contribution in [1.82, 2.24) is 4.90 Å². The number of aliphatic hydroxyl groups is 2. The summed E-state index contributed by atoms with van der Waals surface area (Å²) in [6, 6.07) is 0. The second-order valence-electron chi connectivity index (χ2n) is 3.93. The van der Waals surface area contributed by atoms with Crippen LogP contribution in [0.15, 0.2) is 0 Å². The van der Waals surface area contributed by atoms with Gasteiger partial charge in [0.05, 0.1) is 13.2 Å². The zero-order valence-electron chi connectivity index (χ0n) is 7.99. The summed E-state index contributed by atoms with van der Waals surface area (Å²) in [5, 5.41) is 18.4. The van der Waals surface area contributed by atoms with Crippen molar-refractivity contribution in [2.45, 2.75) is 31.8 Å². The molecule has 1 aliphatic heterocycles. The second kappa shape index (κ2) is 4.07. The van der Waals surface area contributed by atoms with E-state index >= 15 is 0 Å². The predicted octanol–water partition coefficient (Wildman–Crippen LogP) is -0.258. The first-order valence-electron chi connectivity index (χ1n) is 4.66. The molecule has 13 heavy (non-hydrogen) atoms. The number of amides is 1. The minimum atomic E-state index is -1.16. The molecule has 0 saturated carbocycles. The molecule has 0 radical (unpaired) electrons. The summed E-state index contributed by atoms with van der Waals surface area (Å²) >= 11 is 0. The average Bonchev–Trinajstić information content (AvgIpc) is 2.09. The van der Waals surface area contributed by atoms with Gasteiger partial charge in [-0.1, -0.05) is 0 Å². The van der Waals surface area contributed by atoms with E-state index in [1.165, 1.54) is 6.92 Å². The molecule has 1 rings (SSSR count). The Labute approximate surface area is 78.2 Å². The van der Waals surface area contributed by atoms with E-state index in [0.29, 0.717) is 13.0 Å². The number of β-amino-alcohol motifs (C(OH)–C–C–N with tert-alkyl or cyclic N) is 1. The van der Waals surface area contributed by atoms with Crippen LogP contribution < -0.4 is 0 Å². The van der Waals surface area contributed by atoms with Gasteiger partial charge in [-0.2, -0.15) is 0 Å². The predicted molar refractivity (Wildman–Crippen MR) is 48.1 cm³/mol. The summed E-state index contributed by atoms with van der Waals surface area (Å²) in [5.74, 6) is 0.0833. The number of piperidine rings is 1. The summed E-state index contributed by atoms with van der Waals surface area (Å²) in [5.41, 5.74) is -1.16. The van der Waals surface area contributed by atoms with E-state index in [2.05, 4.69) is 0 Å². The Morgan fingerprint density at radius 2 is 2.23 bits per heavy atom. The highest BCUT2D eigenvalue weighted by Crippen LogP contribution is 2.14. The van der Waals surface area contributed by atoms with Gasteiger partial charge in [-0.25, -0.2) is 0 Å². The van der Waals surface area contributed by atoms with Gasteiger partial charge in [-0.3, -0.25) is 4.79 Å².